The van der Waals surface area contributed by atoms with E-state index in [-0.39, 0.29) is 17.9 Å². The van der Waals surface area contributed by atoms with Crippen molar-refractivity contribution in [3.63, 3.8) is 0 Å². The molecule has 0 radical (unpaired) electrons. The second-order valence-electron chi connectivity index (χ2n) is 4.89. The maximum atomic E-state index is 12.3. The van der Waals surface area contributed by atoms with E-state index < -0.39 is 6.36 Å². The Kier molecular flexibility index (Phi) is 4.11. The Bertz CT molecular complexity index is 886. The summed E-state index contributed by atoms with van der Waals surface area (Å²) in [5, 5.41) is 4.16. The molecule has 3 aromatic rings. The van der Waals surface area contributed by atoms with Crippen molar-refractivity contribution in [1.29, 1.82) is 0 Å². The SMILES string of the molecule is O=c1ccc(-c2ccco2)nn1Cc1cccc(OC(F)(F)F)c1. The lowest BCUT2D eigenvalue weighted by molar-refractivity contribution is -0.274. The quantitative estimate of drug-likeness (QED) is 0.732. The first-order chi connectivity index (χ1) is 11.4. The molecule has 24 heavy (non-hydrogen) atoms. The van der Waals surface area contributed by atoms with E-state index in [2.05, 4.69) is 9.84 Å². The fourth-order valence-electron chi connectivity index (χ4n) is 2.13. The Hall–Kier alpha value is -3.03. The number of ether oxygens (including phenoxy) is 1. The maximum absolute atomic E-state index is 12.3. The highest BCUT2D eigenvalue weighted by molar-refractivity contribution is 5.50. The van der Waals surface area contributed by atoms with Gasteiger partial charge in [0.25, 0.3) is 5.56 Å². The number of benzene rings is 1. The average molecular weight is 336 g/mol. The molecule has 0 atom stereocenters. The second kappa shape index (κ2) is 6.23. The minimum atomic E-state index is -4.77. The Balaban J connectivity index is 1.87. The third kappa shape index (κ3) is 3.83. The third-order valence-corrected chi connectivity index (χ3v) is 3.10. The van der Waals surface area contributed by atoms with E-state index in [1.807, 2.05) is 0 Å². The lowest BCUT2D eigenvalue weighted by Gasteiger charge is -2.10. The van der Waals surface area contributed by atoms with Crippen LogP contribution in [0.25, 0.3) is 11.5 Å². The van der Waals surface area contributed by atoms with Gasteiger partial charge in [0.1, 0.15) is 11.4 Å². The van der Waals surface area contributed by atoms with Crippen LogP contribution in [0.15, 0.2) is 64.0 Å². The zero-order valence-corrected chi connectivity index (χ0v) is 12.2. The van der Waals surface area contributed by atoms with E-state index in [4.69, 9.17) is 4.42 Å². The number of halogens is 3. The molecule has 0 unspecified atom stereocenters. The summed E-state index contributed by atoms with van der Waals surface area (Å²) in [6, 6.07) is 11.6. The number of furan rings is 1. The average Bonchev–Trinajstić information content (AvgIpc) is 3.02. The van der Waals surface area contributed by atoms with Gasteiger partial charge < -0.3 is 9.15 Å². The molecule has 0 aliphatic rings. The summed E-state index contributed by atoms with van der Waals surface area (Å²) < 4.78 is 47.1. The van der Waals surface area contributed by atoms with Crippen molar-refractivity contribution in [2.45, 2.75) is 12.9 Å². The first-order valence-corrected chi connectivity index (χ1v) is 6.87. The molecule has 0 amide bonds. The molecule has 8 heteroatoms. The van der Waals surface area contributed by atoms with Gasteiger partial charge in [0.2, 0.25) is 0 Å². The minimum absolute atomic E-state index is 0.00242. The molecule has 124 valence electrons. The Morgan fingerprint density at radius 2 is 1.96 bits per heavy atom. The summed E-state index contributed by atoms with van der Waals surface area (Å²) in [4.78, 5) is 11.9. The van der Waals surface area contributed by atoms with Crippen molar-refractivity contribution in [1.82, 2.24) is 9.78 Å². The highest BCUT2D eigenvalue weighted by Gasteiger charge is 2.31. The second-order valence-corrected chi connectivity index (χ2v) is 4.89. The van der Waals surface area contributed by atoms with Gasteiger partial charge in [-0.2, -0.15) is 5.10 Å². The molecular formula is C16H11F3N2O3. The Labute approximate surface area is 133 Å². The standard InChI is InChI=1S/C16H11F3N2O3/c17-16(18,19)24-12-4-1-3-11(9-12)10-21-15(22)7-6-13(20-21)14-5-2-8-23-14/h1-9H,10H2. The number of hydrogen-bond acceptors (Lipinski definition) is 4. The molecule has 3 rings (SSSR count). The molecule has 0 aliphatic heterocycles. The molecule has 2 heterocycles. The number of alkyl halides is 3. The highest BCUT2D eigenvalue weighted by atomic mass is 19.4. The Morgan fingerprint density at radius 3 is 2.67 bits per heavy atom. The van der Waals surface area contributed by atoms with Crippen molar-refractivity contribution >= 4 is 0 Å². The predicted octanol–water partition coefficient (Wildman–Crippen LogP) is 3.45. The normalized spacial score (nSPS) is 11.5. The molecule has 0 spiro atoms. The van der Waals surface area contributed by atoms with Crippen LogP contribution in [0.1, 0.15) is 5.56 Å². The van der Waals surface area contributed by atoms with E-state index in [1.54, 1.807) is 18.2 Å². The van der Waals surface area contributed by atoms with Crippen LogP contribution in [0.4, 0.5) is 13.2 Å². The first kappa shape index (κ1) is 15.9. The van der Waals surface area contributed by atoms with Gasteiger partial charge in [-0.05, 0) is 35.9 Å². The number of aromatic nitrogens is 2. The van der Waals surface area contributed by atoms with Crippen LogP contribution in [0.5, 0.6) is 5.75 Å². The summed E-state index contributed by atoms with van der Waals surface area (Å²) in [5.41, 5.74) is 0.512. The van der Waals surface area contributed by atoms with Crippen LogP contribution < -0.4 is 10.3 Å². The number of rotatable bonds is 4. The van der Waals surface area contributed by atoms with E-state index >= 15 is 0 Å². The maximum Gasteiger partial charge on any atom is 0.573 e. The smallest absolute Gasteiger partial charge is 0.463 e. The molecule has 0 aliphatic carbocycles. The number of hydrogen-bond donors (Lipinski definition) is 0. The van der Waals surface area contributed by atoms with Crippen molar-refractivity contribution in [2.24, 2.45) is 0 Å². The molecule has 0 bridgehead atoms. The first-order valence-electron chi connectivity index (χ1n) is 6.87. The molecule has 0 fully saturated rings. The molecular weight excluding hydrogens is 325 g/mol. The topological polar surface area (TPSA) is 57.3 Å². The molecule has 0 saturated carbocycles. The summed E-state index contributed by atoms with van der Waals surface area (Å²) in [7, 11) is 0. The van der Waals surface area contributed by atoms with Crippen molar-refractivity contribution in [3.8, 4) is 17.2 Å². The van der Waals surface area contributed by atoms with Gasteiger partial charge in [-0.25, -0.2) is 4.68 Å². The van der Waals surface area contributed by atoms with Gasteiger partial charge in [0.15, 0.2) is 5.76 Å². The summed E-state index contributed by atoms with van der Waals surface area (Å²) >= 11 is 0. The molecule has 2 aromatic heterocycles. The third-order valence-electron chi connectivity index (χ3n) is 3.10. The van der Waals surface area contributed by atoms with Crippen LogP contribution in [0.3, 0.4) is 0 Å². The van der Waals surface area contributed by atoms with E-state index in [0.29, 0.717) is 17.0 Å². The minimum Gasteiger partial charge on any atom is -0.463 e. The highest BCUT2D eigenvalue weighted by Crippen LogP contribution is 2.23. The fourth-order valence-corrected chi connectivity index (χ4v) is 2.13. The zero-order chi connectivity index (χ0) is 17.2. The van der Waals surface area contributed by atoms with E-state index in [0.717, 1.165) is 4.68 Å². The van der Waals surface area contributed by atoms with Crippen molar-refractivity contribution in [3.05, 3.63) is 70.7 Å². The van der Waals surface area contributed by atoms with Gasteiger partial charge in [0, 0.05) is 6.07 Å². The lowest BCUT2D eigenvalue weighted by atomic mass is 10.2. The van der Waals surface area contributed by atoms with Gasteiger partial charge in [0.05, 0.1) is 12.8 Å². The van der Waals surface area contributed by atoms with Gasteiger partial charge in [-0.1, -0.05) is 12.1 Å². The Morgan fingerprint density at radius 1 is 1.12 bits per heavy atom. The molecule has 5 nitrogen and oxygen atoms in total. The van der Waals surface area contributed by atoms with Gasteiger partial charge in [-0.3, -0.25) is 4.79 Å². The van der Waals surface area contributed by atoms with Crippen LogP contribution >= 0.6 is 0 Å². The predicted molar refractivity (Wildman–Crippen MR) is 78.4 cm³/mol. The van der Waals surface area contributed by atoms with Crippen molar-refractivity contribution < 1.29 is 22.3 Å². The molecule has 1 aromatic carbocycles. The summed E-state index contributed by atoms with van der Waals surface area (Å²) in [5.74, 6) is 0.133. The zero-order valence-electron chi connectivity index (χ0n) is 12.2. The van der Waals surface area contributed by atoms with Crippen LogP contribution in [-0.2, 0) is 6.54 Å². The van der Waals surface area contributed by atoms with E-state index in [1.165, 1.54) is 36.6 Å². The fraction of sp³-hybridized carbons (Fsp3) is 0.125. The monoisotopic (exact) mass is 336 g/mol. The van der Waals surface area contributed by atoms with Crippen LogP contribution in [0, 0.1) is 0 Å². The summed E-state index contributed by atoms with van der Waals surface area (Å²) in [6.45, 7) is 0.00242. The van der Waals surface area contributed by atoms with Crippen molar-refractivity contribution in [2.75, 3.05) is 0 Å². The largest absolute Gasteiger partial charge is 0.573 e. The van der Waals surface area contributed by atoms with Gasteiger partial charge in [-0.15, -0.1) is 13.2 Å². The van der Waals surface area contributed by atoms with Crippen LogP contribution in [0.2, 0.25) is 0 Å². The molecule has 0 N–H and O–H groups in total. The lowest BCUT2D eigenvalue weighted by Crippen LogP contribution is -2.23. The van der Waals surface area contributed by atoms with Gasteiger partial charge >= 0.3 is 6.36 Å². The van der Waals surface area contributed by atoms with E-state index in [9.17, 15) is 18.0 Å². The summed E-state index contributed by atoms with van der Waals surface area (Å²) in [6.07, 6.45) is -3.29. The number of nitrogens with zero attached hydrogens (tertiary/aromatic N) is 2. The van der Waals surface area contributed by atoms with Crippen LogP contribution in [-0.4, -0.2) is 16.1 Å². The molecule has 0 saturated heterocycles.